The summed E-state index contributed by atoms with van der Waals surface area (Å²) >= 11 is 0. The van der Waals surface area contributed by atoms with E-state index >= 15 is 0 Å². The lowest BCUT2D eigenvalue weighted by Gasteiger charge is -2.36. The fourth-order valence-corrected chi connectivity index (χ4v) is 2.79. The summed E-state index contributed by atoms with van der Waals surface area (Å²) in [6.07, 6.45) is 1.33. The first-order chi connectivity index (χ1) is 11.7. The van der Waals surface area contributed by atoms with Crippen molar-refractivity contribution in [2.45, 2.75) is 32.5 Å². The van der Waals surface area contributed by atoms with Gasteiger partial charge in [0.2, 0.25) is 0 Å². The highest BCUT2D eigenvalue weighted by molar-refractivity contribution is 6.02. The molecule has 1 aromatic carbocycles. The zero-order valence-electron chi connectivity index (χ0n) is 14.0. The van der Waals surface area contributed by atoms with E-state index < -0.39 is 0 Å². The summed E-state index contributed by atoms with van der Waals surface area (Å²) in [5.74, 6) is 0.516. The molecule has 1 saturated heterocycles. The first-order valence-corrected chi connectivity index (χ1v) is 8.26. The lowest BCUT2D eigenvalue weighted by molar-refractivity contribution is -0.0175. The van der Waals surface area contributed by atoms with Crippen molar-refractivity contribution in [1.29, 1.82) is 0 Å². The lowest BCUT2D eigenvalue weighted by atomic mass is 10.2. The smallest absolute Gasteiger partial charge is 0.276 e. The normalized spacial score (nSPS) is 20.7. The average Bonchev–Trinajstić information content (AvgIpc) is 2.62. The molecular weight excluding hydrogens is 304 g/mol. The molecule has 1 aromatic heterocycles. The van der Waals surface area contributed by atoms with Gasteiger partial charge in [-0.2, -0.15) is 0 Å². The van der Waals surface area contributed by atoms with E-state index in [2.05, 4.69) is 34.3 Å². The molecule has 1 amide bonds. The third-order valence-electron chi connectivity index (χ3n) is 4.02. The van der Waals surface area contributed by atoms with Crippen LogP contribution in [0, 0.1) is 0 Å². The van der Waals surface area contributed by atoms with Crippen LogP contribution in [0.2, 0.25) is 0 Å². The summed E-state index contributed by atoms with van der Waals surface area (Å²) in [7, 11) is 0. The summed E-state index contributed by atoms with van der Waals surface area (Å²) in [5, 5.41) is 11.1. The second-order valence-corrected chi connectivity index (χ2v) is 5.98. The minimum Gasteiger partial charge on any atom is -0.372 e. The lowest BCUT2D eigenvalue weighted by Crippen LogP contribution is -2.46. The van der Waals surface area contributed by atoms with Gasteiger partial charge in [0.1, 0.15) is 0 Å². The van der Waals surface area contributed by atoms with Crippen LogP contribution in [0.5, 0.6) is 0 Å². The number of morpholine rings is 1. The zero-order valence-corrected chi connectivity index (χ0v) is 14.0. The van der Waals surface area contributed by atoms with E-state index in [0.29, 0.717) is 5.69 Å². The summed E-state index contributed by atoms with van der Waals surface area (Å²) in [6.45, 7) is 5.75. The number of hydrogen-bond donors (Lipinski definition) is 1. The molecule has 2 heterocycles. The molecule has 1 aliphatic heterocycles. The maximum atomic E-state index is 12.2. The molecule has 0 radical (unpaired) electrons. The highest BCUT2D eigenvalue weighted by atomic mass is 16.5. The minimum atomic E-state index is -0.262. The van der Waals surface area contributed by atoms with E-state index in [-0.39, 0.29) is 18.1 Å². The molecule has 3 rings (SSSR count). The van der Waals surface area contributed by atoms with Gasteiger partial charge >= 0.3 is 0 Å². The third kappa shape index (κ3) is 3.89. The van der Waals surface area contributed by atoms with Crippen LogP contribution in [0.4, 0.5) is 11.5 Å². The van der Waals surface area contributed by atoms with E-state index in [1.165, 1.54) is 0 Å². The van der Waals surface area contributed by atoms with Gasteiger partial charge in [-0.1, -0.05) is 25.1 Å². The molecule has 6 heteroatoms. The predicted octanol–water partition coefficient (Wildman–Crippen LogP) is 2.73. The molecule has 1 aliphatic rings. The number of para-hydroxylation sites is 1. The van der Waals surface area contributed by atoms with E-state index in [9.17, 15) is 4.79 Å². The summed E-state index contributed by atoms with van der Waals surface area (Å²) in [4.78, 5) is 14.4. The molecular formula is C18H22N4O2. The van der Waals surface area contributed by atoms with Crippen LogP contribution in [-0.2, 0) is 4.74 Å². The fourth-order valence-electron chi connectivity index (χ4n) is 2.79. The predicted molar refractivity (Wildman–Crippen MR) is 93.3 cm³/mol. The number of benzene rings is 1. The first-order valence-electron chi connectivity index (χ1n) is 8.26. The van der Waals surface area contributed by atoms with Crippen LogP contribution in [0.25, 0.3) is 0 Å². The van der Waals surface area contributed by atoms with Gasteiger partial charge < -0.3 is 15.0 Å². The van der Waals surface area contributed by atoms with Crippen molar-refractivity contribution < 1.29 is 9.53 Å². The van der Waals surface area contributed by atoms with E-state index in [0.717, 1.165) is 31.0 Å². The topological polar surface area (TPSA) is 67.4 Å². The molecule has 6 nitrogen and oxygen atoms in total. The van der Waals surface area contributed by atoms with Crippen molar-refractivity contribution in [1.82, 2.24) is 10.2 Å². The SMILES string of the molecule is CC[C@@H]1CN(c2ccc(C(=O)Nc3ccccc3)nn2)C[C@@H](C)O1. The van der Waals surface area contributed by atoms with Gasteiger partial charge in [0.15, 0.2) is 11.5 Å². The molecule has 1 fully saturated rings. The second-order valence-electron chi connectivity index (χ2n) is 5.98. The Hall–Kier alpha value is -2.47. The van der Waals surface area contributed by atoms with Crippen LogP contribution in [0.15, 0.2) is 42.5 Å². The van der Waals surface area contributed by atoms with E-state index in [4.69, 9.17) is 4.74 Å². The maximum Gasteiger partial charge on any atom is 0.276 e. The van der Waals surface area contributed by atoms with Gasteiger partial charge in [-0.25, -0.2) is 0 Å². The molecule has 1 N–H and O–H groups in total. The van der Waals surface area contributed by atoms with Crippen molar-refractivity contribution >= 4 is 17.4 Å². The van der Waals surface area contributed by atoms with Crippen LogP contribution in [0.1, 0.15) is 30.8 Å². The molecule has 0 aliphatic carbocycles. The van der Waals surface area contributed by atoms with Gasteiger partial charge in [0.25, 0.3) is 5.91 Å². The summed E-state index contributed by atoms with van der Waals surface area (Å²) in [6, 6.07) is 12.9. The number of carbonyl (C=O) groups excluding carboxylic acids is 1. The van der Waals surface area contributed by atoms with Crippen molar-refractivity contribution in [3.63, 3.8) is 0 Å². The van der Waals surface area contributed by atoms with E-state index in [1.807, 2.05) is 36.4 Å². The van der Waals surface area contributed by atoms with Gasteiger partial charge in [-0.05, 0) is 37.6 Å². The fraction of sp³-hybridized carbons (Fsp3) is 0.389. The molecule has 0 saturated carbocycles. The van der Waals surface area contributed by atoms with Crippen molar-refractivity contribution in [2.24, 2.45) is 0 Å². The van der Waals surface area contributed by atoms with Gasteiger partial charge in [-0.15, -0.1) is 10.2 Å². The molecule has 126 valence electrons. The molecule has 24 heavy (non-hydrogen) atoms. The standard InChI is InChI=1S/C18H22N4O2/c1-3-15-12-22(11-13(2)24-15)17-10-9-16(20-21-17)18(23)19-14-7-5-4-6-8-14/h4-10,13,15H,3,11-12H2,1-2H3,(H,19,23)/t13-,15-/m1/s1. The number of ether oxygens (including phenoxy) is 1. The van der Waals surface area contributed by atoms with E-state index in [1.54, 1.807) is 6.07 Å². The first kappa shape index (κ1) is 16.4. The van der Waals surface area contributed by atoms with Crippen LogP contribution < -0.4 is 10.2 Å². The Morgan fingerprint density at radius 2 is 2.00 bits per heavy atom. The second kappa shape index (κ2) is 7.40. The van der Waals surface area contributed by atoms with Crippen LogP contribution in [0.3, 0.4) is 0 Å². The number of carbonyl (C=O) groups is 1. The number of nitrogens with zero attached hydrogens (tertiary/aromatic N) is 3. The molecule has 2 atom stereocenters. The Kier molecular flexibility index (Phi) is 5.05. The number of anilines is 2. The van der Waals surface area contributed by atoms with Gasteiger partial charge in [0.05, 0.1) is 12.2 Å². The summed E-state index contributed by atoms with van der Waals surface area (Å²) < 4.78 is 5.86. The molecule has 0 bridgehead atoms. The monoisotopic (exact) mass is 326 g/mol. The maximum absolute atomic E-state index is 12.2. The third-order valence-corrected chi connectivity index (χ3v) is 4.02. The number of rotatable bonds is 4. The highest BCUT2D eigenvalue weighted by Gasteiger charge is 2.25. The Bertz CT molecular complexity index is 675. The molecule has 0 spiro atoms. The quantitative estimate of drug-likeness (QED) is 0.936. The van der Waals surface area contributed by atoms with Crippen LogP contribution >= 0.6 is 0 Å². The zero-order chi connectivity index (χ0) is 16.9. The van der Waals surface area contributed by atoms with Gasteiger partial charge in [-0.3, -0.25) is 4.79 Å². The minimum absolute atomic E-state index is 0.159. The van der Waals surface area contributed by atoms with Gasteiger partial charge in [0, 0.05) is 18.8 Å². The highest BCUT2D eigenvalue weighted by Crippen LogP contribution is 2.19. The molecule has 2 aromatic rings. The Labute approximate surface area is 141 Å². The average molecular weight is 326 g/mol. The van der Waals surface area contributed by atoms with Crippen LogP contribution in [-0.4, -0.2) is 41.4 Å². The largest absolute Gasteiger partial charge is 0.372 e. The number of nitrogens with one attached hydrogen (secondary N) is 1. The molecule has 0 unspecified atom stereocenters. The number of amides is 1. The van der Waals surface area contributed by atoms with Crippen molar-refractivity contribution in [2.75, 3.05) is 23.3 Å². The Balaban J connectivity index is 1.67. The Morgan fingerprint density at radius 1 is 1.21 bits per heavy atom. The number of aromatic nitrogens is 2. The van der Waals surface area contributed by atoms with Crippen molar-refractivity contribution in [3.05, 3.63) is 48.2 Å². The van der Waals surface area contributed by atoms with Crippen molar-refractivity contribution in [3.8, 4) is 0 Å². The Morgan fingerprint density at radius 3 is 2.67 bits per heavy atom. The number of hydrogen-bond acceptors (Lipinski definition) is 5. The summed E-state index contributed by atoms with van der Waals surface area (Å²) in [5.41, 5.74) is 1.04.